The summed E-state index contributed by atoms with van der Waals surface area (Å²) in [7, 11) is 0. The van der Waals surface area contributed by atoms with Crippen LogP contribution in [0, 0.1) is 0 Å². The van der Waals surface area contributed by atoms with E-state index in [1.54, 1.807) is 0 Å². The summed E-state index contributed by atoms with van der Waals surface area (Å²) in [6, 6.07) is 4.75. The minimum Gasteiger partial charge on any atom is -0.315 e. The van der Waals surface area contributed by atoms with Crippen molar-refractivity contribution in [3.8, 4) is 0 Å². The predicted molar refractivity (Wildman–Crippen MR) is 52.4 cm³/mol. The molecule has 1 aliphatic rings. The highest BCUT2D eigenvalue weighted by atomic mass is 15.0. The summed E-state index contributed by atoms with van der Waals surface area (Å²) in [6.07, 6.45) is 4.92. The summed E-state index contributed by atoms with van der Waals surface area (Å²) in [5, 5.41) is 6.84. The van der Waals surface area contributed by atoms with Crippen LogP contribution in [0.3, 0.4) is 0 Å². The smallest absolute Gasteiger partial charge is 0.0271 e. The van der Waals surface area contributed by atoms with Gasteiger partial charge in [-0.25, -0.2) is 0 Å². The SMILES string of the molecule is c1cc(CNC2CCNC2)ccn1. The Hall–Kier alpha value is -0.930. The van der Waals surface area contributed by atoms with Gasteiger partial charge in [-0.1, -0.05) is 0 Å². The van der Waals surface area contributed by atoms with E-state index >= 15 is 0 Å². The van der Waals surface area contributed by atoms with Gasteiger partial charge < -0.3 is 10.6 Å². The Balaban J connectivity index is 1.79. The van der Waals surface area contributed by atoms with Crippen molar-refractivity contribution in [3.63, 3.8) is 0 Å². The summed E-state index contributed by atoms with van der Waals surface area (Å²) in [5.41, 5.74) is 1.31. The zero-order valence-electron chi connectivity index (χ0n) is 7.66. The normalized spacial score (nSPS) is 22.0. The maximum atomic E-state index is 3.99. The van der Waals surface area contributed by atoms with Crippen molar-refractivity contribution in [2.24, 2.45) is 0 Å². The molecule has 3 nitrogen and oxygen atoms in total. The number of rotatable bonds is 3. The Morgan fingerprint density at radius 2 is 2.31 bits per heavy atom. The van der Waals surface area contributed by atoms with E-state index in [1.807, 2.05) is 12.4 Å². The lowest BCUT2D eigenvalue weighted by molar-refractivity contribution is 0.547. The molecule has 1 saturated heterocycles. The maximum absolute atomic E-state index is 3.99. The quantitative estimate of drug-likeness (QED) is 0.707. The fourth-order valence-electron chi connectivity index (χ4n) is 1.59. The molecule has 0 spiro atoms. The van der Waals surface area contributed by atoms with E-state index in [9.17, 15) is 0 Å². The molecule has 0 radical (unpaired) electrons. The minimum absolute atomic E-state index is 0.646. The monoisotopic (exact) mass is 177 g/mol. The van der Waals surface area contributed by atoms with Crippen LogP contribution in [0.1, 0.15) is 12.0 Å². The second-order valence-electron chi connectivity index (χ2n) is 3.43. The van der Waals surface area contributed by atoms with Gasteiger partial charge in [0.15, 0.2) is 0 Å². The second kappa shape index (κ2) is 4.35. The second-order valence-corrected chi connectivity index (χ2v) is 3.43. The van der Waals surface area contributed by atoms with Crippen LogP contribution in [0.2, 0.25) is 0 Å². The van der Waals surface area contributed by atoms with Crippen molar-refractivity contribution in [2.45, 2.75) is 19.0 Å². The maximum Gasteiger partial charge on any atom is 0.0271 e. The molecular weight excluding hydrogens is 162 g/mol. The molecule has 0 aromatic carbocycles. The van der Waals surface area contributed by atoms with Crippen molar-refractivity contribution in [3.05, 3.63) is 30.1 Å². The van der Waals surface area contributed by atoms with E-state index < -0.39 is 0 Å². The van der Waals surface area contributed by atoms with Gasteiger partial charge in [-0.15, -0.1) is 0 Å². The first-order valence-corrected chi connectivity index (χ1v) is 4.78. The molecule has 2 heterocycles. The number of hydrogen-bond acceptors (Lipinski definition) is 3. The topological polar surface area (TPSA) is 37.0 Å². The molecular formula is C10H15N3. The van der Waals surface area contributed by atoms with Gasteiger partial charge in [0.1, 0.15) is 0 Å². The molecule has 0 saturated carbocycles. The Bertz CT molecular complexity index is 242. The number of pyridine rings is 1. The van der Waals surface area contributed by atoms with Crippen molar-refractivity contribution in [1.29, 1.82) is 0 Å². The lowest BCUT2D eigenvalue weighted by Gasteiger charge is -2.10. The van der Waals surface area contributed by atoms with E-state index in [0.29, 0.717) is 6.04 Å². The van der Waals surface area contributed by atoms with E-state index in [-0.39, 0.29) is 0 Å². The van der Waals surface area contributed by atoms with Crippen LogP contribution in [0.25, 0.3) is 0 Å². The Kier molecular flexibility index (Phi) is 2.90. The fourth-order valence-corrected chi connectivity index (χ4v) is 1.59. The highest BCUT2D eigenvalue weighted by molar-refractivity contribution is 5.09. The van der Waals surface area contributed by atoms with Crippen molar-refractivity contribution >= 4 is 0 Å². The summed E-state index contributed by atoms with van der Waals surface area (Å²) in [5.74, 6) is 0. The van der Waals surface area contributed by atoms with E-state index in [1.165, 1.54) is 12.0 Å². The standard InChI is InChI=1S/C10H15N3/c1-4-11-5-2-9(1)7-13-10-3-6-12-8-10/h1-2,4-5,10,12-13H,3,6-8H2. The third kappa shape index (κ3) is 2.50. The molecule has 2 rings (SSSR count). The molecule has 0 bridgehead atoms. The third-order valence-electron chi connectivity index (χ3n) is 2.40. The average Bonchev–Trinajstić information content (AvgIpc) is 2.69. The van der Waals surface area contributed by atoms with E-state index in [2.05, 4.69) is 27.8 Å². The molecule has 0 amide bonds. The van der Waals surface area contributed by atoms with E-state index in [4.69, 9.17) is 0 Å². The molecule has 1 atom stereocenters. The van der Waals surface area contributed by atoms with Crippen LogP contribution in [-0.4, -0.2) is 24.1 Å². The zero-order valence-corrected chi connectivity index (χ0v) is 7.66. The fraction of sp³-hybridized carbons (Fsp3) is 0.500. The van der Waals surface area contributed by atoms with Crippen LogP contribution in [0.5, 0.6) is 0 Å². The van der Waals surface area contributed by atoms with Crippen molar-refractivity contribution < 1.29 is 0 Å². The molecule has 1 aromatic rings. The van der Waals surface area contributed by atoms with Crippen LogP contribution in [0.15, 0.2) is 24.5 Å². The molecule has 1 aliphatic heterocycles. The van der Waals surface area contributed by atoms with E-state index in [0.717, 1.165) is 19.6 Å². The number of nitrogens with one attached hydrogen (secondary N) is 2. The molecule has 1 fully saturated rings. The van der Waals surface area contributed by atoms with Crippen molar-refractivity contribution in [1.82, 2.24) is 15.6 Å². The summed E-state index contributed by atoms with van der Waals surface area (Å²) in [4.78, 5) is 3.99. The molecule has 1 unspecified atom stereocenters. The first-order valence-electron chi connectivity index (χ1n) is 4.78. The van der Waals surface area contributed by atoms with Gasteiger partial charge in [0, 0.05) is 31.5 Å². The number of hydrogen-bond donors (Lipinski definition) is 2. The van der Waals surface area contributed by atoms with Crippen LogP contribution < -0.4 is 10.6 Å². The van der Waals surface area contributed by atoms with Gasteiger partial charge in [0.05, 0.1) is 0 Å². The minimum atomic E-state index is 0.646. The molecule has 3 heteroatoms. The van der Waals surface area contributed by atoms with Gasteiger partial charge in [-0.3, -0.25) is 4.98 Å². The lowest BCUT2D eigenvalue weighted by Crippen LogP contribution is -2.30. The highest BCUT2D eigenvalue weighted by Gasteiger charge is 2.12. The van der Waals surface area contributed by atoms with Gasteiger partial charge >= 0.3 is 0 Å². The predicted octanol–water partition coefficient (Wildman–Crippen LogP) is 0.533. The molecule has 0 aliphatic carbocycles. The Labute approximate surface area is 78.6 Å². The van der Waals surface area contributed by atoms with Crippen LogP contribution in [-0.2, 0) is 6.54 Å². The first kappa shape index (κ1) is 8.66. The Morgan fingerprint density at radius 3 is 3.00 bits per heavy atom. The Morgan fingerprint density at radius 1 is 1.46 bits per heavy atom. The summed E-state index contributed by atoms with van der Waals surface area (Å²) < 4.78 is 0. The van der Waals surface area contributed by atoms with Crippen molar-refractivity contribution in [2.75, 3.05) is 13.1 Å². The molecule has 1 aromatic heterocycles. The van der Waals surface area contributed by atoms with Crippen LogP contribution in [0.4, 0.5) is 0 Å². The lowest BCUT2D eigenvalue weighted by atomic mass is 10.2. The molecule has 2 N–H and O–H groups in total. The van der Waals surface area contributed by atoms with Crippen LogP contribution >= 0.6 is 0 Å². The molecule has 13 heavy (non-hydrogen) atoms. The summed E-state index contributed by atoms with van der Waals surface area (Å²) >= 11 is 0. The van der Waals surface area contributed by atoms with Gasteiger partial charge in [0.2, 0.25) is 0 Å². The number of nitrogens with zero attached hydrogens (tertiary/aromatic N) is 1. The van der Waals surface area contributed by atoms with Gasteiger partial charge in [0.25, 0.3) is 0 Å². The number of aromatic nitrogens is 1. The zero-order chi connectivity index (χ0) is 8.93. The summed E-state index contributed by atoms with van der Waals surface area (Å²) in [6.45, 7) is 3.20. The highest BCUT2D eigenvalue weighted by Crippen LogP contribution is 2.00. The third-order valence-corrected chi connectivity index (χ3v) is 2.40. The first-order chi connectivity index (χ1) is 6.45. The van der Waals surface area contributed by atoms with Gasteiger partial charge in [-0.2, -0.15) is 0 Å². The van der Waals surface area contributed by atoms with Gasteiger partial charge in [-0.05, 0) is 30.7 Å². The molecule has 70 valence electrons. The average molecular weight is 177 g/mol. The largest absolute Gasteiger partial charge is 0.315 e.